The summed E-state index contributed by atoms with van der Waals surface area (Å²) in [6, 6.07) is 7.02. The molecule has 9 nitrogen and oxygen atoms in total. The molecule has 40 heavy (non-hydrogen) atoms. The lowest BCUT2D eigenvalue weighted by Crippen LogP contribution is -2.46. The van der Waals surface area contributed by atoms with Gasteiger partial charge < -0.3 is 14.4 Å². The standard InChI is InChI=1S/C27H29F3N4O5S/c1-38-19-11-17(12-20(15-19)39-2)16-32-7-3-26(4-8-32)5-9-33(10-6-26)25-31-24(35)21-13-18(27(28,29)30)14-22(34(36)37)23(21)40-25/h11-15H,3-10,16H2,1-2H3. The van der Waals surface area contributed by atoms with Crippen LogP contribution in [0.4, 0.5) is 24.0 Å². The van der Waals surface area contributed by atoms with Gasteiger partial charge in [0.2, 0.25) is 0 Å². The fraction of sp³-hybridized carbons (Fsp3) is 0.481. The van der Waals surface area contributed by atoms with E-state index in [9.17, 15) is 28.1 Å². The molecule has 0 amide bonds. The van der Waals surface area contributed by atoms with E-state index in [0.29, 0.717) is 30.4 Å². The Morgan fingerprint density at radius 1 is 1.00 bits per heavy atom. The highest BCUT2D eigenvalue weighted by atomic mass is 32.1. The Hall–Kier alpha value is -3.45. The number of benzene rings is 2. The summed E-state index contributed by atoms with van der Waals surface area (Å²) in [6.45, 7) is 3.91. The predicted octanol–water partition coefficient (Wildman–Crippen LogP) is 5.48. The van der Waals surface area contributed by atoms with E-state index in [-0.39, 0.29) is 15.5 Å². The Balaban J connectivity index is 1.27. The Morgan fingerprint density at radius 2 is 1.60 bits per heavy atom. The Morgan fingerprint density at radius 3 is 2.15 bits per heavy atom. The van der Waals surface area contributed by atoms with Crippen LogP contribution in [-0.2, 0) is 12.7 Å². The highest BCUT2D eigenvalue weighted by Crippen LogP contribution is 2.44. The smallest absolute Gasteiger partial charge is 0.416 e. The summed E-state index contributed by atoms with van der Waals surface area (Å²) < 4.78 is 50.5. The number of nitro groups is 1. The van der Waals surface area contributed by atoms with Crippen molar-refractivity contribution in [2.24, 2.45) is 5.41 Å². The second-order valence-corrected chi connectivity index (χ2v) is 11.4. The molecule has 3 aromatic rings. The number of alkyl halides is 3. The molecule has 0 N–H and O–H groups in total. The third-order valence-corrected chi connectivity index (χ3v) is 9.21. The molecule has 2 fully saturated rings. The first-order valence-electron chi connectivity index (χ1n) is 12.9. The van der Waals surface area contributed by atoms with Crippen LogP contribution in [-0.4, -0.2) is 55.2 Å². The molecule has 0 bridgehead atoms. The molecule has 2 aliphatic heterocycles. The zero-order chi connectivity index (χ0) is 28.7. The van der Waals surface area contributed by atoms with E-state index in [1.165, 1.54) is 0 Å². The average Bonchev–Trinajstić information content (AvgIpc) is 2.93. The number of non-ortho nitro benzene ring substituents is 1. The van der Waals surface area contributed by atoms with Gasteiger partial charge in [-0.2, -0.15) is 18.2 Å². The third-order valence-electron chi connectivity index (χ3n) is 8.04. The second-order valence-electron chi connectivity index (χ2n) is 10.4. The summed E-state index contributed by atoms with van der Waals surface area (Å²) in [4.78, 5) is 31.8. The van der Waals surface area contributed by atoms with Crippen molar-refractivity contribution in [3.63, 3.8) is 0 Å². The summed E-state index contributed by atoms with van der Waals surface area (Å²) in [5.41, 5.74) is -1.57. The quantitative estimate of drug-likeness (QED) is 0.280. The van der Waals surface area contributed by atoms with Gasteiger partial charge in [-0.15, -0.1) is 0 Å². The molecule has 0 aliphatic carbocycles. The van der Waals surface area contributed by atoms with Crippen molar-refractivity contribution < 1.29 is 27.6 Å². The van der Waals surface area contributed by atoms with Crippen LogP contribution in [0, 0.1) is 15.5 Å². The zero-order valence-corrected chi connectivity index (χ0v) is 22.9. The molecule has 1 spiro atoms. The van der Waals surface area contributed by atoms with Crippen molar-refractivity contribution in [3.8, 4) is 11.5 Å². The number of piperidine rings is 2. The molecular weight excluding hydrogens is 549 g/mol. The zero-order valence-electron chi connectivity index (χ0n) is 22.1. The third kappa shape index (κ3) is 5.71. The van der Waals surface area contributed by atoms with Crippen molar-refractivity contribution in [2.45, 2.75) is 38.4 Å². The number of halogens is 3. The van der Waals surface area contributed by atoms with E-state index in [0.717, 1.165) is 73.7 Å². The van der Waals surface area contributed by atoms with Crippen molar-refractivity contribution in [1.29, 1.82) is 0 Å². The molecule has 214 valence electrons. The summed E-state index contributed by atoms with van der Waals surface area (Å²) in [5.74, 6) is 1.51. The maximum atomic E-state index is 13.3. The lowest BCUT2D eigenvalue weighted by molar-refractivity contribution is -0.383. The summed E-state index contributed by atoms with van der Waals surface area (Å²) >= 11 is 0.902. The molecule has 5 rings (SSSR count). The Kier molecular flexibility index (Phi) is 7.62. The number of fused-ring (bicyclic) bond motifs is 1. The molecule has 0 radical (unpaired) electrons. The van der Waals surface area contributed by atoms with Crippen LogP contribution in [0.2, 0.25) is 0 Å². The summed E-state index contributed by atoms with van der Waals surface area (Å²) in [5, 5.41) is 11.5. The van der Waals surface area contributed by atoms with Gasteiger partial charge in [0, 0.05) is 31.8 Å². The Labute approximate surface area is 232 Å². The van der Waals surface area contributed by atoms with E-state index < -0.39 is 27.9 Å². The number of methoxy groups -OCH3 is 2. The first-order valence-corrected chi connectivity index (χ1v) is 13.7. The van der Waals surface area contributed by atoms with Gasteiger partial charge in [-0.25, -0.2) is 0 Å². The van der Waals surface area contributed by atoms with Crippen LogP contribution >= 0.6 is 11.3 Å². The topological polar surface area (TPSA) is 98.0 Å². The van der Waals surface area contributed by atoms with Crippen LogP contribution in [0.3, 0.4) is 0 Å². The number of rotatable bonds is 6. The molecule has 2 aliphatic rings. The molecule has 0 saturated carbocycles. The van der Waals surface area contributed by atoms with Gasteiger partial charge in [0.25, 0.3) is 11.2 Å². The van der Waals surface area contributed by atoms with Gasteiger partial charge in [0.15, 0.2) is 5.13 Å². The van der Waals surface area contributed by atoms with E-state index in [1.807, 2.05) is 23.1 Å². The number of hydrogen-bond acceptors (Lipinski definition) is 9. The van der Waals surface area contributed by atoms with Crippen molar-refractivity contribution in [1.82, 2.24) is 9.88 Å². The number of anilines is 1. The molecule has 0 atom stereocenters. The second kappa shape index (κ2) is 10.8. The fourth-order valence-corrected chi connectivity index (χ4v) is 6.77. The molecule has 0 unspecified atom stereocenters. The van der Waals surface area contributed by atoms with Gasteiger partial charge in [-0.1, -0.05) is 11.3 Å². The molecule has 2 saturated heterocycles. The highest BCUT2D eigenvalue weighted by Gasteiger charge is 2.39. The minimum Gasteiger partial charge on any atom is -0.497 e. The first-order chi connectivity index (χ1) is 19.0. The SMILES string of the molecule is COc1cc(CN2CCC3(CC2)CCN(c2nc(=O)c4cc(C(F)(F)F)cc([N+](=O)[O-])c4s2)CC3)cc(OC)c1. The maximum Gasteiger partial charge on any atom is 0.416 e. The summed E-state index contributed by atoms with van der Waals surface area (Å²) in [7, 11) is 3.26. The predicted molar refractivity (Wildman–Crippen MR) is 145 cm³/mol. The molecule has 1 aromatic heterocycles. The molecule has 3 heterocycles. The van der Waals surface area contributed by atoms with E-state index in [2.05, 4.69) is 9.88 Å². The van der Waals surface area contributed by atoms with Crippen molar-refractivity contribution in [3.05, 3.63) is 61.9 Å². The number of hydrogen-bond donors (Lipinski definition) is 0. The van der Waals surface area contributed by atoms with Crippen molar-refractivity contribution in [2.75, 3.05) is 45.3 Å². The van der Waals surface area contributed by atoms with Gasteiger partial charge in [-0.3, -0.25) is 19.8 Å². The number of ether oxygens (including phenoxy) is 2. The largest absolute Gasteiger partial charge is 0.497 e. The number of aromatic nitrogens is 1. The van der Waals surface area contributed by atoms with Crippen LogP contribution in [0.1, 0.15) is 36.8 Å². The highest BCUT2D eigenvalue weighted by molar-refractivity contribution is 7.22. The molecular formula is C27H29F3N4O5S. The van der Waals surface area contributed by atoms with Crippen molar-refractivity contribution >= 4 is 32.2 Å². The Bertz CT molecular complexity index is 1460. The van der Waals surface area contributed by atoms with E-state index in [4.69, 9.17) is 9.47 Å². The van der Waals surface area contributed by atoms with E-state index in [1.54, 1.807) is 14.2 Å². The average molecular weight is 579 g/mol. The minimum absolute atomic E-state index is 0.0873. The van der Waals surface area contributed by atoms with Crippen LogP contribution in [0.15, 0.2) is 35.1 Å². The minimum atomic E-state index is -4.81. The number of nitro benzene ring substituents is 1. The number of nitrogens with zero attached hydrogens (tertiary/aromatic N) is 4. The maximum absolute atomic E-state index is 13.3. The fourth-order valence-electron chi connectivity index (χ4n) is 5.65. The van der Waals surface area contributed by atoms with Crippen LogP contribution in [0.25, 0.3) is 10.1 Å². The van der Waals surface area contributed by atoms with Gasteiger partial charge in [-0.05, 0) is 68.0 Å². The van der Waals surface area contributed by atoms with Crippen LogP contribution < -0.4 is 19.9 Å². The summed E-state index contributed by atoms with van der Waals surface area (Å²) in [6.07, 6.45) is -1.01. The lowest BCUT2D eigenvalue weighted by atomic mass is 9.71. The normalized spacial score (nSPS) is 17.8. The lowest BCUT2D eigenvalue weighted by Gasteiger charge is -2.47. The monoisotopic (exact) mass is 578 g/mol. The van der Waals surface area contributed by atoms with Gasteiger partial charge in [0.05, 0.1) is 30.1 Å². The number of likely N-dealkylation sites (tertiary alicyclic amines) is 1. The van der Waals surface area contributed by atoms with Crippen LogP contribution in [0.5, 0.6) is 11.5 Å². The van der Waals surface area contributed by atoms with Gasteiger partial charge >= 0.3 is 6.18 Å². The van der Waals surface area contributed by atoms with Gasteiger partial charge in [0.1, 0.15) is 16.2 Å². The molecule has 2 aromatic carbocycles. The van der Waals surface area contributed by atoms with E-state index >= 15 is 0 Å². The first kappa shape index (κ1) is 28.1. The molecule has 13 heteroatoms.